The predicted octanol–water partition coefficient (Wildman–Crippen LogP) is 2.51. The van der Waals surface area contributed by atoms with Crippen molar-refractivity contribution in [1.29, 1.82) is 0 Å². The minimum atomic E-state index is -0.182. The molecule has 0 atom stereocenters. The van der Waals surface area contributed by atoms with E-state index in [1.54, 1.807) is 9.80 Å². The number of hydrogen-bond acceptors (Lipinski definition) is 6. The quantitative estimate of drug-likeness (QED) is 0.714. The van der Waals surface area contributed by atoms with Gasteiger partial charge in [-0.25, -0.2) is 4.79 Å². The van der Waals surface area contributed by atoms with Crippen molar-refractivity contribution in [2.24, 2.45) is 5.92 Å². The van der Waals surface area contributed by atoms with Crippen molar-refractivity contribution in [3.8, 4) is 5.75 Å². The first-order chi connectivity index (χ1) is 14.5. The van der Waals surface area contributed by atoms with Crippen LogP contribution in [0.1, 0.15) is 37.4 Å². The minimum absolute atomic E-state index is 0.0324. The highest BCUT2D eigenvalue weighted by atomic mass is 16.5. The van der Waals surface area contributed by atoms with E-state index in [0.29, 0.717) is 55.8 Å². The normalized spacial score (nSPS) is 16.1. The zero-order valence-electron chi connectivity index (χ0n) is 17.3. The molecule has 0 unspecified atom stereocenters. The molecule has 4 rings (SSSR count). The Morgan fingerprint density at radius 3 is 2.80 bits per heavy atom. The van der Waals surface area contributed by atoms with Crippen molar-refractivity contribution in [3.05, 3.63) is 36.0 Å². The number of carbonyl (C=O) groups excluding carboxylic acids is 2. The molecule has 2 fully saturated rings. The average Bonchev–Trinajstić information content (AvgIpc) is 3.45. The molecule has 1 saturated heterocycles. The number of nitrogens with one attached hydrogen (secondary N) is 1. The summed E-state index contributed by atoms with van der Waals surface area (Å²) in [5.74, 6) is 2.23. The van der Waals surface area contributed by atoms with Crippen LogP contribution in [0.4, 0.5) is 10.5 Å². The lowest BCUT2D eigenvalue weighted by Gasteiger charge is -2.37. The second kappa shape index (κ2) is 8.73. The molecule has 0 spiro atoms. The number of anilines is 1. The van der Waals surface area contributed by atoms with Crippen LogP contribution in [0.25, 0.3) is 0 Å². The number of ether oxygens (including phenoxy) is 1. The van der Waals surface area contributed by atoms with Crippen LogP contribution in [-0.4, -0.2) is 65.2 Å². The van der Waals surface area contributed by atoms with Crippen LogP contribution in [0.2, 0.25) is 0 Å². The molecule has 9 nitrogen and oxygen atoms in total. The highest BCUT2D eigenvalue weighted by Gasteiger charge is 2.36. The monoisotopic (exact) mass is 413 g/mol. The molecule has 160 valence electrons. The number of nitrogens with zero attached hydrogens (tertiary/aromatic N) is 4. The zero-order valence-corrected chi connectivity index (χ0v) is 17.3. The summed E-state index contributed by atoms with van der Waals surface area (Å²) in [4.78, 5) is 32.4. The summed E-state index contributed by atoms with van der Waals surface area (Å²) < 4.78 is 10.9. The summed E-state index contributed by atoms with van der Waals surface area (Å²) in [5, 5.41) is 6.91. The predicted molar refractivity (Wildman–Crippen MR) is 109 cm³/mol. The Morgan fingerprint density at radius 2 is 2.07 bits per heavy atom. The number of urea groups is 1. The van der Waals surface area contributed by atoms with E-state index < -0.39 is 0 Å². The summed E-state index contributed by atoms with van der Waals surface area (Å²) in [6.07, 6.45) is 2.56. The first-order valence-electron chi connectivity index (χ1n) is 10.4. The SMILES string of the molecule is CCOc1ccccc1NC(=O)N1CC(c2nc(CCN(C)C(=O)C3CC3)no2)C1. The first kappa shape index (κ1) is 20.2. The molecule has 30 heavy (non-hydrogen) atoms. The molecule has 1 aliphatic heterocycles. The Balaban J connectivity index is 1.24. The van der Waals surface area contributed by atoms with Crippen molar-refractivity contribution in [3.63, 3.8) is 0 Å². The lowest BCUT2D eigenvalue weighted by molar-refractivity contribution is -0.131. The average molecular weight is 413 g/mol. The van der Waals surface area contributed by atoms with Gasteiger partial charge in [0.1, 0.15) is 5.75 Å². The number of likely N-dealkylation sites (tertiary alicyclic amines) is 1. The molecule has 1 aromatic heterocycles. The Morgan fingerprint density at radius 1 is 1.30 bits per heavy atom. The van der Waals surface area contributed by atoms with Crippen molar-refractivity contribution in [1.82, 2.24) is 19.9 Å². The van der Waals surface area contributed by atoms with Crippen LogP contribution in [0, 0.1) is 5.92 Å². The van der Waals surface area contributed by atoms with Gasteiger partial charge in [-0.05, 0) is 31.9 Å². The fourth-order valence-electron chi connectivity index (χ4n) is 3.40. The topological polar surface area (TPSA) is 101 Å². The molecule has 9 heteroatoms. The van der Waals surface area contributed by atoms with Gasteiger partial charge in [0.15, 0.2) is 5.82 Å². The summed E-state index contributed by atoms with van der Waals surface area (Å²) in [5.41, 5.74) is 0.651. The van der Waals surface area contributed by atoms with E-state index in [0.717, 1.165) is 12.8 Å². The molecule has 0 radical (unpaired) electrons. The maximum Gasteiger partial charge on any atom is 0.321 e. The lowest BCUT2D eigenvalue weighted by atomic mass is 10.0. The van der Waals surface area contributed by atoms with Gasteiger partial charge in [0.2, 0.25) is 11.8 Å². The van der Waals surface area contributed by atoms with Crippen LogP contribution in [0.3, 0.4) is 0 Å². The maximum absolute atomic E-state index is 12.5. The van der Waals surface area contributed by atoms with Gasteiger partial charge in [0, 0.05) is 39.0 Å². The molecular weight excluding hydrogens is 386 g/mol. The number of benzene rings is 1. The second-order valence-corrected chi connectivity index (χ2v) is 7.79. The third-order valence-electron chi connectivity index (χ3n) is 5.40. The number of hydrogen-bond donors (Lipinski definition) is 1. The van der Waals surface area contributed by atoms with E-state index in [1.165, 1.54) is 0 Å². The van der Waals surface area contributed by atoms with Crippen molar-refractivity contribution in [2.75, 3.05) is 38.6 Å². The van der Waals surface area contributed by atoms with Gasteiger partial charge in [0.25, 0.3) is 0 Å². The largest absolute Gasteiger partial charge is 0.492 e. The van der Waals surface area contributed by atoms with Crippen molar-refractivity contribution >= 4 is 17.6 Å². The Bertz CT molecular complexity index is 904. The van der Waals surface area contributed by atoms with Crippen molar-refractivity contribution < 1.29 is 18.8 Å². The number of amides is 3. The molecule has 1 aliphatic carbocycles. The van der Waals surface area contributed by atoms with Crippen LogP contribution >= 0.6 is 0 Å². The first-order valence-corrected chi connectivity index (χ1v) is 10.4. The fourth-order valence-corrected chi connectivity index (χ4v) is 3.40. The Kier molecular flexibility index (Phi) is 5.87. The smallest absolute Gasteiger partial charge is 0.321 e. The minimum Gasteiger partial charge on any atom is -0.492 e. The van der Waals surface area contributed by atoms with Gasteiger partial charge in [0.05, 0.1) is 18.2 Å². The molecule has 1 saturated carbocycles. The summed E-state index contributed by atoms with van der Waals surface area (Å²) >= 11 is 0. The molecule has 1 aromatic carbocycles. The maximum atomic E-state index is 12.5. The van der Waals surface area contributed by atoms with Gasteiger partial charge in [-0.3, -0.25) is 4.79 Å². The summed E-state index contributed by atoms with van der Waals surface area (Å²) in [6.45, 7) is 4.05. The summed E-state index contributed by atoms with van der Waals surface area (Å²) in [7, 11) is 1.81. The molecule has 2 aliphatic rings. The molecule has 0 bridgehead atoms. The lowest BCUT2D eigenvalue weighted by Crippen LogP contribution is -2.50. The van der Waals surface area contributed by atoms with E-state index >= 15 is 0 Å². The van der Waals surface area contributed by atoms with Crippen LogP contribution in [0.5, 0.6) is 5.75 Å². The molecule has 2 aromatic rings. The van der Waals surface area contributed by atoms with Crippen LogP contribution < -0.4 is 10.1 Å². The van der Waals surface area contributed by atoms with E-state index in [2.05, 4.69) is 15.5 Å². The Labute approximate surface area is 175 Å². The molecule has 2 heterocycles. The van der Waals surface area contributed by atoms with E-state index in [1.807, 2.05) is 38.2 Å². The van der Waals surface area contributed by atoms with E-state index in [4.69, 9.17) is 9.26 Å². The zero-order chi connectivity index (χ0) is 21.1. The number of aromatic nitrogens is 2. The van der Waals surface area contributed by atoms with Crippen molar-refractivity contribution in [2.45, 2.75) is 32.1 Å². The summed E-state index contributed by atoms with van der Waals surface area (Å²) in [6, 6.07) is 7.18. The highest BCUT2D eigenvalue weighted by molar-refractivity contribution is 5.91. The molecular formula is C21H27N5O4. The second-order valence-electron chi connectivity index (χ2n) is 7.79. The third kappa shape index (κ3) is 4.55. The van der Waals surface area contributed by atoms with Crippen LogP contribution in [0.15, 0.2) is 28.8 Å². The van der Waals surface area contributed by atoms with Gasteiger partial charge >= 0.3 is 6.03 Å². The van der Waals surface area contributed by atoms with Gasteiger partial charge < -0.3 is 24.4 Å². The fraction of sp³-hybridized carbons (Fsp3) is 0.524. The Hall–Kier alpha value is -3.10. The third-order valence-corrected chi connectivity index (χ3v) is 5.40. The van der Waals surface area contributed by atoms with Gasteiger partial charge in [-0.2, -0.15) is 4.98 Å². The molecule has 3 amide bonds. The number of carbonyl (C=O) groups is 2. The van der Waals surface area contributed by atoms with Gasteiger partial charge in [-0.15, -0.1) is 0 Å². The number of para-hydroxylation sites is 2. The standard InChI is InChI=1S/C21H27N5O4/c1-3-29-17-7-5-4-6-16(17)22-21(28)26-12-15(13-26)19-23-18(24-30-19)10-11-25(2)20(27)14-8-9-14/h4-7,14-15H,3,8-13H2,1-2H3,(H,22,28). The number of rotatable bonds is 8. The van der Waals surface area contributed by atoms with Gasteiger partial charge in [-0.1, -0.05) is 17.3 Å². The highest BCUT2D eigenvalue weighted by Crippen LogP contribution is 2.31. The number of likely N-dealkylation sites (N-methyl/N-ethyl adjacent to an activating group) is 1. The molecule has 1 N–H and O–H groups in total. The van der Waals surface area contributed by atoms with Crippen LogP contribution in [-0.2, 0) is 11.2 Å². The van der Waals surface area contributed by atoms with E-state index in [9.17, 15) is 9.59 Å². The van der Waals surface area contributed by atoms with E-state index in [-0.39, 0.29) is 23.8 Å².